The van der Waals surface area contributed by atoms with Gasteiger partial charge in [0.1, 0.15) is 0 Å². The van der Waals surface area contributed by atoms with E-state index in [0.717, 1.165) is 16.8 Å². The number of ketones is 1. The highest BCUT2D eigenvalue weighted by Crippen LogP contribution is 2.49. The minimum absolute atomic E-state index is 0.0326. The summed E-state index contributed by atoms with van der Waals surface area (Å²) in [5.41, 5.74) is 4.17. The highest BCUT2D eigenvalue weighted by atomic mass is 79.9. The van der Waals surface area contributed by atoms with E-state index in [1.54, 1.807) is 21.3 Å². The maximum Gasteiger partial charge on any atom is 0.337 e. The summed E-state index contributed by atoms with van der Waals surface area (Å²) in [6.07, 6.45) is 1.29. The van der Waals surface area contributed by atoms with E-state index in [1.807, 2.05) is 58.0 Å². The van der Waals surface area contributed by atoms with Crippen molar-refractivity contribution in [2.24, 2.45) is 0 Å². The molecule has 8 nitrogen and oxygen atoms in total. The van der Waals surface area contributed by atoms with Gasteiger partial charge in [-0.1, -0.05) is 13.0 Å². The molecule has 2 aromatic rings. The lowest BCUT2D eigenvalue weighted by Gasteiger charge is -2.37. The van der Waals surface area contributed by atoms with Crippen molar-refractivity contribution >= 4 is 27.7 Å². The van der Waals surface area contributed by atoms with Crippen LogP contribution in [0.4, 0.5) is 0 Å². The van der Waals surface area contributed by atoms with Crippen LogP contribution in [-0.4, -0.2) is 45.8 Å². The van der Waals surface area contributed by atoms with Crippen LogP contribution in [0.2, 0.25) is 0 Å². The number of halogens is 1. The number of ether oxygens (including phenoxy) is 5. The van der Waals surface area contributed by atoms with Crippen LogP contribution in [0, 0.1) is 0 Å². The Morgan fingerprint density at radius 2 is 1.71 bits per heavy atom. The minimum atomic E-state index is -0.636. The van der Waals surface area contributed by atoms with Crippen molar-refractivity contribution in [2.45, 2.75) is 64.9 Å². The van der Waals surface area contributed by atoms with Gasteiger partial charge in [-0.3, -0.25) is 4.79 Å². The molecule has 2 aromatic carbocycles. The number of hydrogen-bond acceptors (Lipinski definition) is 8. The molecule has 0 fully saturated rings. The van der Waals surface area contributed by atoms with E-state index < -0.39 is 11.9 Å². The van der Waals surface area contributed by atoms with Crippen LogP contribution in [0.15, 0.2) is 57.3 Å². The molecule has 0 saturated carbocycles. The SMILES string of the molecule is CCOc1cc([C@@H]2C(C(=O)O[C@H](C)CC)=C(C)NC3=C2C(=O)C[C@H](c2ccc(OC)c(OC)c2)C3)cc(Br)c1OC. The third-order valence-corrected chi connectivity index (χ3v) is 8.27. The summed E-state index contributed by atoms with van der Waals surface area (Å²) in [6, 6.07) is 9.50. The molecule has 0 amide bonds. The van der Waals surface area contributed by atoms with Gasteiger partial charge in [-0.2, -0.15) is 0 Å². The number of nitrogens with one attached hydrogen (secondary N) is 1. The first-order valence-electron chi connectivity index (χ1n) is 13.8. The highest BCUT2D eigenvalue weighted by molar-refractivity contribution is 9.10. The number of benzene rings is 2. The number of rotatable bonds is 10. The third kappa shape index (κ3) is 6.10. The zero-order chi connectivity index (χ0) is 29.8. The average molecular weight is 629 g/mol. The van der Waals surface area contributed by atoms with E-state index in [2.05, 4.69) is 21.2 Å². The molecule has 0 radical (unpaired) electrons. The van der Waals surface area contributed by atoms with Crippen molar-refractivity contribution in [3.8, 4) is 23.0 Å². The molecule has 1 N–H and O–H groups in total. The summed E-state index contributed by atoms with van der Waals surface area (Å²) in [4.78, 5) is 27.7. The zero-order valence-electron chi connectivity index (χ0n) is 24.7. The smallest absolute Gasteiger partial charge is 0.337 e. The number of carbonyl (C=O) groups excluding carboxylic acids is 2. The number of hydrogen-bond donors (Lipinski definition) is 1. The molecule has 1 heterocycles. The topological polar surface area (TPSA) is 92.3 Å². The van der Waals surface area contributed by atoms with Gasteiger partial charge in [-0.25, -0.2) is 4.79 Å². The van der Waals surface area contributed by atoms with Crippen LogP contribution in [0.5, 0.6) is 23.0 Å². The molecule has 220 valence electrons. The van der Waals surface area contributed by atoms with E-state index in [1.165, 1.54) is 0 Å². The Morgan fingerprint density at radius 1 is 1.00 bits per heavy atom. The van der Waals surface area contributed by atoms with Crippen molar-refractivity contribution in [2.75, 3.05) is 27.9 Å². The number of Topliss-reactive ketones (excluding diaryl/α,β-unsaturated/α-hetero) is 1. The number of esters is 1. The predicted molar refractivity (Wildman–Crippen MR) is 160 cm³/mol. The van der Waals surface area contributed by atoms with Crippen molar-refractivity contribution in [1.29, 1.82) is 0 Å². The Hall–Kier alpha value is -3.46. The van der Waals surface area contributed by atoms with Crippen LogP contribution in [0.25, 0.3) is 0 Å². The number of carbonyl (C=O) groups is 2. The van der Waals surface area contributed by atoms with Crippen LogP contribution >= 0.6 is 15.9 Å². The van der Waals surface area contributed by atoms with Gasteiger partial charge in [0.2, 0.25) is 0 Å². The number of methoxy groups -OCH3 is 3. The quantitative estimate of drug-likeness (QED) is 0.295. The Kier molecular flexibility index (Phi) is 9.68. The Morgan fingerprint density at radius 3 is 2.34 bits per heavy atom. The summed E-state index contributed by atoms with van der Waals surface area (Å²) in [6.45, 7) is 8.00. The largest absolute Gasteiger partial charge is 0.493 e. The maximum absolute atomic E-state index is 14.0. The van der Waals surface area contributed by atoms with Crippen molar-refractivity contribution in [3.63, 3.8) is 0 Å². The molecule has 0 unspecified atom stereocenters. The first-order valence-corrected chi connectivity index (χ1v) is 14.6. The fraction of sp³-hybridized carbons (Fsp3) is 0.438. The second kappa shape index (κ2) is 13.0. The summed E-state index contributed by atoms with van der Waals surface area (Å²) >= 11 is 3.61. The molecule has 2 aliphatic rings. The molecule has 41 heavy (non-hydrogen) atoms. The normalized spacial score (nSPS) is 19.3. The lowest BCUT2D eigenvalue weighted by atomic mass is 9.71. The summed E-state index contributed by atoms with van der Waals surface area (Å²) < 4.78 is 28.9. The van der Waals surface area contributed by atoms with Crippen molar-refractivity contribution in [1.82, 2.24) is 5.32 Å². The molecule has 0 aromatic heterocycles. The molecule has 1 aliphatic carbocycles. The van der Waals surface area contributed by atoms with E-state index in [0.29, 0.717) is 63.8 Å². The van der Waals surface area contributed by atoms with E-state index in [9.17, 15) is 9.59 Å². The van der Waals surface area contributed by atoms with Gasteiger partial charge in [0.15, 0.2) is 28.8 Å². The molecular formula is C32H38BrNO7. The van der Waals surface area contributed by atoms with Crippen LogP contribution in [-0.2, 0) is 14.3 Å². The second-order valence-corrected chi connectivity index (χ2v) is 11.1. The van der Waals surface area contributed by atoms with Gasteiger partial charge in [0, 0.05) is 29.3 Å². The Balaban J connectivity index is 1.84. The molecule has 0 spiro atoms. The first kappa shape index (κ1) is 30.5. The molecular weight excluding hydrogens is 590 g/mol. The molecule has 0 bridgehead atoms. The fourth-order valence-electron chi connectivity index (χ4n) is 5.53. The van der Waals surface area contributed by atoms with Crippen molar-refractivity contribution < 1.29 is 33.3 Å². The average Bonchev–Trinajstić information content (AvgIpc) is 2.95. The number of allylic oxidation sites excluding steroid dienone is 3. The monoisotopic (exact) mass is 627 g/mol. The van der Waals surface area contributed by atoms with Gasteiger partial charge in [0.25, 0.3) is 0 Å². The molecule has 3 atom stereocenters. The lowest BCUT2D eigenvalue weighted by Crippen LogP contribution is -2.36. The highest BCUT2D eigenvalue weighted by Gasteiger charge is 2.42. The number of dihydropyridines is 1. The van der Waals surface area contributed by atoms with Gasteiger partial charge in [-0.05, 0) is 90.9 Å². The molecule has 0 saturated heterocycles. The van der Waals surface area contributed by atoms with Crippen molar-refractivity contribution in [3.05, 3.63) is 68.5 Å². The fourth-order valence-corrected chi connectivity index (χ4v) is 6.15. The van der Waals surface area contributed by atoms with E-state index in [4.69, 9.17) is 23.7 Å². The van der Waals surface area contributed by atoms with Crippen LogP contribution < -0.4 is 24.3 Å². The Bertz CT molecular complexity index is 1400. The summed E-state index contributed by atoms with van der Waals surface area (Å²) in [7, 11) is 4.77. The lowest BCUT2D eigenvalue weighted by molar-refractivity contribution is -0.144. The summed E-state index contributed by atoms with van der Waals surface area (Å²) in [5.74, 6) is 1.14. The van der Waals surface area contributed by atoms with Gasteiger partial charge >= 0.3 is 5.97 Å². The zero-order valence-corrected chi connectivity index (χ0v) is 26.3. The Labute approximate surface area is 250 Å². The predicted octanol–water partition coefficient (Wildman–Crippen LogP) is 6.58. The van der Waals surface area contributed by atoms with Crippen LogP contribution in [0.1, 0.15) is 69.9 Å². The first-order chi connectivity index (χ1) is 19.7. The van der Waals surface area contributed by atoms with Gasteiger partial charge in [0.05, 0.1) is 44.1 Å². The minimum Gasteiger partial charge on any atom is -0.493 e. The molecule has 9 heteroatoms. The second-order valence-electron chi connectivity index (χ2n) is 10.2. The molecule has 4 rings (SSSR count). The molecule has 1 aliphatic heterocycles. The maximum atomic E-state index is 14.0. The third-order valence-electron chi connectivity index (χ3n) is 7.68. The van der Waals surface area contributed by atoms with Gasteiger partial charge < -0.3 is 29.0 Å². The summed E-state index contributed by atoms with van der Waals surface area (Å²) in [5, 5.41) is 3.41. The van der Waals surface area contributed by atoms with Gasteiger partial charge in [-0.15, -0.1) is 0 Å². The van der Waals surface area contributed by atoms with E-state index >= 15 is 0 Å². The standard InChI is InChI=1S/C32H38BrNO7/c1-8-17(3)41-32(36)28-18(4)34-23-13-20(19-10-11-25(37-5)26(15-19)38-6)14-24(35)30(23)29(28)21-12-22(33)31(39-7)27(16-21)40-9-2/h10-12,15-17,20,29,34H,8-9,13-14H2,1-7H3/t17-,20-,29-/m1/s1. The van der Waals surface area contributed by atoms with E-state index in [-0.39, 0.29) is 24.2 Å². The van der Waals surface area contributed by atoms with Crippen LogP contribution in [0.3, 0.4) is 0 Å².